The molecule has 0 bridgehead atoms. The highest BCUT2D eigenvalue weighted by Crippen LogP contribution is 2.16. The lowest BCUT2D eigenvalue weighted by atomic mass is 10.2. The summed E-state index contributed by atoms with van der Waals surface area (Å²) in [6, 6.07) is 15.7. The van der Waals surface area contributed by atoms with E-state index in [0.717, 1.165) is 12.2 Å². The highest BCUT2D eigenvalue weighted by Gasteiger charge is 2.08. The van der Waals surface area contributed by atoms with Crippen molar-refractivity contribution in [3.05, 3.63) is 54.1 Å². The van der Waals surface area contributed by atoms with Crippen LogP contribution < -0.4 is 15.4 Å². The van der Waals surface area contributed by atoms with Crippen LogP contribution in [0.3, 0.4) is 0 Å². The van der Waals surface area contributed by atoms with Gasteiger partial charge in [0.2, 0.25) is 11.8 Å². The van der Waals surface area contributed by atoms with E-state index >= 15 is 0 Å². The minimum Gasteiger partial charge on any atom is -0.494 e. The maximum Gasteiger partial charge on any atom is 0.224 e. The molecule has 6 heteroatoms. The summed E-state index contributed by atoms with van der Waals surface area (Å²) in [6.45, 7) is 2.69. The molecule has 0 aliphatic carbocycles. The number of anilines is 2. The van der Waals surface area contributed by atoms with Gasteiger partial charge in [0.25, 0.3) is 0 Å². The van der Waals surface area contributed by atoms with Crippen LogP contribution in [0.2, 0.25) is 0 Å². The van der Waals surface area contributed by atoms with E-state index in [-0.39, 0.29) is 24.7 Å². The number of nitrogens with one attached hydrogen (secondary N) is 2. The molecule has 0 fully saturated rings. The van der Waals surface area contributed by atoms with Crippen LogP contribution in [0.1, 0.15) is 31.7 Å². The number of benzene rings is 2. The third-order valence-corrected chi connectivity index (χ3v) is 3.49. The first-order chi connectivity index (χ1) is 12.6. The first-order valence-electron chi connectivity index (χ1n) is 8.43. The third-order valence-electron chi connectivity index (χ3n) is 3.49. The molecule has 2 rings (SSSR count). The lowest BCUT2D eigenvalue weighted by Crippen LogP contribution is -2.17. The summed E-state index contributed by atoms with van der Waals surface area (Å²) in [4.78, 5) is 23.8. The normalized spacial score (nSPS) is 9.85. The quantitative estimate of drug-likeness (QED) is 0.758. The largest absolute Gasteiger partial charge is 0.494 e. The number of carbonyl (C=O) groups is 2. The molecule has 0 saturated carbocycles. The molecule has 2 amide bonds. The molecular formula is C20H21N3O3. The van der Waals surface area contributed by atoms with Crippen LogP contribution in [0.25, 0.3) is 0 Å². The summed E-state index contributed by atoms with van der Waals surface area (Å²) in [6.07, 6.45) is 1.09. The van der Waals surface area contributed by atoms with Gasteiger partial charge in [0.05, 0.1) is 18.2 Å². The Balaban J connectivity index is 1.75. The fourth-order valence-electron chi connectivity index (χ4n) is 2.16. The summed E-state index contributed by atoms with van der Waals surface area (Å²) in [7, 11) is 0. The third kappa shape index (κ3) is 6.29. The molecule has 0 aliphatic rings. The number of hydrogen-bond acceptors (Lipinski definition) is 4. The number of amides is 2. The number of nitriles is 1. The molecule has 2 aromatic rings. The first-order valence-corrected chi connectivity index (χ1v) is 8.43. The second-order valence-electron chi connectivity index (χ2n) is 5.66. The monoisotopic (exact) mass is 351 g/mol. The van der Waals surface area contributed by atoms with Crippen molar-refractivity contribution in [2.45, 2.75) is 26.2 Å². The molecule has 2 N–H and O–H groups in total. The van der Waals surface area contributed by atoms with Crippen molar-refractivity contribution in [1.29, 1.82) is 5.26 Å². The zero-order valence-corrected chi connectivity index (χ0v) is 14.6. The Morgan fingerprint density at radius 2 is 1.42 bits per heavy atom. The summed E-state index contributed by atoms with van der Waals surface area (Å²) in [5.74, 6) is 0.266. The Morgan fingerprint density at radius 3 is 1.88 bits per heavy atom. The average molecular weight is 351 g/mol. The number of hydrogen-bond donors (Lipinski definition) is 2. The lowest BCUT2D eigenvalue weighted by Gasteiger charge is -2.08. The molecule has 0 aliphatic heterocycles. The molecule has 0 atom stereocenters. The Labute approximate surface area is 152 Å². The topological polar surface area (TPSA) is 91.2 Å². The van der Waals surface area contributed by atoms with E-state index in [2.05, 4.69) is 10.6 Å². The molecule has 134 valence electrons. The fourth-order valence-corrected chi connectivity index (χ4v) is 2.16. The number of rotatable bonds is 8. The maximum absolute atomic E-state index is 12.0. The van der Waals surface area contributed by atoms with Crippen LogP contribution in [-0.2, 0) is 9.59 Å². The van der Waals surface area contributed by atoms with Crippen LogP contribution in [0.4, 0.5) is 11.4 Å². The smallest absolute Gasteiger partial charge is 0.224 e. The van der Waals surface area contributed by atoms with E-state index in [0.29, 0.717) is 23.5 Å². The van der Waals surface area contributed by atoms with Gasteiger partial charge >= 0.3 is 0 Å². The molecule has 26 heavy (non-hydrogen) atoms. The minimum absolute atomic E-state index is 0.0729. The van der Waals surface area contributed by atoms with Gasteiger partial charge in [-0.25, -0.2) is 0 Å². The van der Waals surface area contributed by atoms with Gasteiger partial charge in [-0.2, -0.15) is 5.26 Å². The van der Waals surface area contributed by atoms with Gasteiger partial charge in [0.15, 0.2) is 0 Å². The van der Waals surface area contributed by atoms with E-state index in [1.165, 1.54) is 0 Å². The van der Waals surface area contributed by atoms with Gasteiger partial charge in [0.1, 0.15) is 5.75 Å². The molecule has 0 unspecified atom stereocenters. The Morgan fingerprint density at radius 1 is 0.923 bits per heavy atom. The van der Waals surface area contributed by atoms with E-state index in [1.54, 1.807) is 48.5 Å². The predicted octanol–water partition coefficient (Wildman–Crippen LogP) is 3.70. The van der Waals surface area contributed by atoms with Gasteiger partial charge in [0, 0.05) is 24.2 Å². The van der Waals surface area contributed by atoms with Gasteiger partial charge in [-0.3, -0.25) is 9.59 Å². The van der Waals surface area contributed by atoms with Gasteiger partial charge < -0.3 is 15.4 Å². The second-order valence-corrected chi connectivity index (χ2v) is 5.66. The zero-order chi connectivity index (χ0) is 18.8. The van der Waals surface area contributed by atoms with Gasteiger partial charge in [-0.05, 0) is 55.0 Å². The predicted molar refractivity (Wildman–Crippen MR) is 99.9 cm³/mol. The number of nitrogens with zero attached hydrogens (tertiary/aromatic N) is 1. The van der Waals surface area contributed by atoms with E-state index < -0.39 is 0 Å². The second kappa shape index (κ2) is 9.84. The van der Waals surface area contributed by atoms with Crippen LogP contribution >= 0.6 is 0 Å². The van der Waals surface area contributed by atoms with Crippen LogP contribution in [0, 0.1) is 11.3 Å². The summed E-state index contributed by atoms with van der Waals surface area (Å²) >= 11 is 0. The molecule has 0 heterocycles. The maximum atomic E-state index is 12.0. The number of ether oxygens (including phenoxy) is 1. The van der Waals surface area contributed by atoms with E-state index in [4.69, 9.17) is 10.00 Å². The fraction of sp³-hybridized carbons (Fsp3) is 0.250. The molecule has 0 spiro atoms. The molecule has 2 aromatic carbocycles. The van der Waals surface area contributed by atoms with Crippen LogP contribution in [-0.4, -0.2) is 18.4 Å². The Kier molecular flexibility index (Phi) is 7.19. The Bertz CT molecular complexity index is 777. The molecule has 0 saturated heterocycles. The van der Waals surface area contributed by atoms with Crippen LogP contribution in [0.15, 0.2) is 48.5 Å². The van der Waals surface area contributed by atoms with Crippen molar-refractivity contribution in [2.75, 3.05) is 17.2 Å². The minimum atomic E-state index is -0.256. The summed E-state index contributed by atoms with van der Waals surface area (Å²) in [5, 5.41) is 14.2. The van der Waals surface area contributed by atoms with E-state index in [1.807, 2.05) is 13.0 Å². The first kappa shape index (κ1) is 19.0. The highest BCUT2D eigenvalue weighted by molar-refractivity contribution is 5.96. The number of carbonyl (C=O) groups excluding carboxylic acids is 2. The molecule has 0 radical (unpaired) electrons. The molecule has 6 nitrogen and oxygen atoms in total. The standard InChI is InChI=1S/C20H21N3O3/c1-2-13-26-18-9-7-17(8-10-18)23-20(25)12-11-19(24)22-16-5-3-15(14-21)4-6-16/h3-10H,2,11-13H2,1H3,(H,22,24)(H,23,25). The van der Waals surface area contributed by atoms with Crippen molar-refractivity contribution in [3.63, 3.8) is 0 Å². The SMILES string of the molecule is CCCOc1ccc(NC(=O)CCC(=O)Nc2ccc(C#N)cc2)cc1. The molecule has 0 aromatic heterocycles. The van der Waals surface area contributed by atoms with Crippen molar-refractivity contribution in [3.8, 4) is 11.8 Å². The summed E-state index contributed by atoms with van der Waals surface area (Å²) < 4.78 is 5.48. The van der Waals surface area contributed by atoms with Crippen molar-refractivity contribution >= 4 is 23.2 Å². The lowest BCUT2D eigenvalue weighted by molar-refractivity contribution is -0.121. The Hall–Kier alpha value is -3.33. The summed E-state index contributed by atoms with van der Waals surface area (Å²) in [5.41, 5.74) is 1.77. The average Bonchev–Trinajstić information content (AvgIpc) is 2.66. The zero-order valence-electron chi connectivity index (χ0n) is 14.6. The van der Waals surface area contributed by atoms with Crippen molar-refractivity contribution in [1.82, 2.24) is 0 Å². The highest BCUT2D eigenvalue weighted by atomic mass is 16.5. The van der Waals surface area contributed by atoms with Crippen molar-refractivity contribution in [2.24, 2.45) is 0 Å². The van der Waals surface area contributed by atoms with Gasteiger partial charge in [-0.1, -0.05) is 6.92 Å². The van der Waals surface area contributed by atoms with Crippen LogP contribution in [0.5, 0.6) is 5.75 Å². The van der Waals surface area contributed by atoms with Crippen molar-refractivity contribution < 1.29 is 14.3 Å². The van der Waals surface area contributed by atoms with E-state index in [9.17, 15) is 9.59 Å². The van der Waals surface area contributed by atoms with Gasteiger partial charge in [-0.15, -0.1) is 0 Å². The molecular weight excluding hydrogens is 330 g/mol.